The van der Waals surface area contributed by atoms with Crippen LogP contribution in [0.5, 0.6) is 0 Å². The van der Waals surface area contributed by atoms with Gasteiger partial charge in [0.05, 0.1) is 6.20 Å². The number of nitrogens with zero attached hydrogens (tertiary/aromatic N) is 4. The molecule has 3 rings (SSSR count). The summed E-state index contributed by atoms with van der Waals surface area (Å²) in [5.41, 5.74) is 0.933. The number of rotatable bonds is 3. The molecule has 102 valence electrons. The van der Waals surface area contributed by atoms with Crippen molar-refractivity contribution in [1.82, 2.24) is 15.2 Å². The Balaban J connectivity index is 1.78. The second-order valence-electron chi connectivity index (χ2n) is 4.08. The molecule has 0 atom stereocenters. The normalized spacial score (nSPS) is 10.1. The van der Waals surface area contributed by atoms with Crippen molar-refractivity contribution < 1.29 is 8.81 Å². The summed E-state index contributed by atoms with van der Waals surface area (Å²) in [6.45, 7) is 0. The van der Waals surface area contributed by atoms with Gasteiger partial charge < -0.3 is 4.42 Å². The smallest absolute Gasteiger partial charge is 0.300 e. The topological polar surface area (TPSA) is 87.6 Å². The predicted octanol–water partition coefficient (Wildman–Crippen LogP) is 2.89. The van der Waals surface area contributed by atoms with Crippen molar-refractivity contribution in [3.8, 4) is 17.4 Å². The van der Waals surface area contributed by atoms with Crippen molar-refractivity contribution in [3.05, 3.63) is 54.1 Å². The summed E-state index contributed by atoms with van der Waals surface area (Å²) in [7, 11) is 0. The van der Waals surface area contributed by atoms with Gasteiger partial charge in [0.15, 0.2) is 17.3 Å². The zero-order valence-corrected chi connectivity index (χ0v) is 10.6. The lowest BCUT2D eigenvalue weighted by Crippen LogP contribution is -1.96. The number of nitriles is 1. The van der Waals surface area contributed by atoms with Crippen molar-refractivity contribution in [3.63, 3.8) is 0 Å². The van der Waals surface area contributed by atoms with Gasteiger partial charge in [-0.1, -0.05) is 0 Å². The lowest BCUT2D eigenvalue weighted by molar-refractivity contribution is 0.590. The van der Waals surface area contributed by atoms with E-state index in [0.29, 0.717) is 17.1 Å². The second-order valence-corrected chi connectivity index (χ2v) is 4.08. The molecule has 1 aromatic carbocycles. The van der Waals surface area contributed by atoms with E-state index in [1.807, 2.05) is 6.07 Å². The van der Waals surface area contributed by atoms with Gasteiger partial charge in [0.25, 0.3) is 0 Å². The summed E-state index contributed by atoms with van der Waals surface area (Å²) in [6, 6.07) is 11.1. The molecule has 6 nitrogen and oxygen atoms in total. The van der Waals surface area contributed by atoms with E-state index >= 15 is 0 Å². The van der Waals surface area contributed by atoms with Gasteiger partial charge in [-0.15, -0.1) is 10.2 Å². The Bertz CT molecular complexity index is 789. The lowest BCUT2D eigenvalue weighted by Gasteiger charge is -1.99. The van der Waals surface area contributed by atoms with E-state index < -0.39 is 0 Å². The first-order valence-corrected chi connectivity index (χ1v) is 5.97. The number of hydrogen-bond acceptors (Lipinski definition) is 6. The predicted molar refractivity (Wildman–Crippen MR) is 71.9 cm³/mol. The average Bonchev–Trinajstić information content (AvgIpc) is 2.97. The Morgan fingerprint density at radius 1 is 1.10 bits per heavy atom. The quantitative estimate of drug-likeness (QED) is 0.794. The number of oxazole rings is 1. The highest BCUT2D eigenvalue weighted by molar-refractivity contribution is 5.58. The summed E-state index contributed by atoms with van der Waals surface area (Å²) in [4.78, 5) is 4.05. The van der Waals surface area contributed by atoms with E-state index in [2.05, 4.69) is 20.5 Å². The number of halogens is 1. The van der Waals surface area contributed by atoms with Gasteiger partial charge in [-0.2, -0.15) is 5.26 Å². The molecule has 0 fully saturated rings. The summed E-state index contributed by atoms with van der Waals surface area (Å²) in [6.07, 6.45) is 1.52. The highest BCUT2D eigenvalue weighted by Gasteiger charge is 2.07. The molecule has 0 aliphatic carbocycles. The van der Waals surface area contributed by atoms with Gasteiger partial charge in [-0.05, 0) is 36.4 Å². The second kappa shape index (κ2) is 5.38. The third-order valence-electron chi connectivity index (χ3n) is 2.65. The van der Waals surface area contributed by atoms with Crippen LogP contribution in [0, 0.1) is 17.1 Å². The maximum atomic E-state index is 12.9. The molecule has 0 radical (unpaired) electrons. The molecule has 0 aliphatic heterocycles. The number of aromatic nitrogens is 3. The minimum Gasteiger partial charge on any atom is -0.423 e. The molecule has 0 amide bonds. The molecule has 3 aromatic rings. The van der Waals surface area contributed by atoms with Gasteiger partial charge in [-0.3, -0.25) is 5.32 Å². The monoisotopic (exact) mass is 281 g/mol. The molecule has 2 heterocycles. The molecule has 0 saturated heterocycles. The van der Waals surface area contributed by atoms with Crippen LogP contribution < -0.4 is 5.32 Å². The molecule has 0 spiro atoms. The first-order chi connectivity index (χ1) is 10.2. The van der Waals surface area contributed by atoms with Gasteiger partial charge in [0.1, 0.15) is 11.9 Å². The van der Waals surface area contributed by atoms with E-state index in [-0.39, 0.29) is 17.5 Å². The van der Waals surface area contributed by atoms with Crippen LogP contribution in [0.3, 0.4) is 0 Å². The van der Waals surface area contributed by atoms with Crippen LogP contribution in [-0.2, 0) is 0 Å². The summed E-state index contributed by atoms with van der Waals surface area (Å²) >= 11 is 0. The number of nitrogens with one attached hydrogen (secondary N) is 1. The van der Waals surface area contributed by atoms with E-state index in [1.54, 1.807) is 18.2 Å². The van der Waals surface area contributed by atoms with Crippen molar-refractivity contribution in [2.45, 2.75) is 0 Å². The minimum absolute atomic E-state index is 0.222. The Morgan fingerprint density at radius 3 is 2.57 bits per heavy atom. The molecule has 0 unspecified atom stereocenters. The van der Waals surface area contributed by atoms with Crippen LogP contribution in [0.15, 0.2) is 47.0 Å². The van der Waals surface area contributed by atoms with Gasteiger partial charge in [0, 0.05) is 5.56 Å². The lowest BCUT2D eigenvalue weighted by atomic mass is 10.2. The zero-order chi connectivity index (χ0) is 14.7. The fourth-order valence-corrected chi connectivity index (χ4v) is 1.65. The zero-order valence-electron chi connectivity index (χ0n) is 10.6. The summed E-state index contributed by atoms with van der Waals surface area (Å²) in [5.74, 6) is 0.588. The molecule has 7 heteroatoms. The molecule has 1 N–H and O–H groups in total. The highest BCUT2D eigenvalue weighted by Crippen LogP contribution is 2.23. The third kappa shape index (κ3) is 2.84. The van der Waals surface area contributed by atoms with Crippen LogP contribution in [0.4, 0.5) is 16.2 Å². The SMILES string of the molecule is N#Cc1ccc(Nc2ncc(-c3ccc(F)cc3)o2)nn1. The molecule has 0 saturated carbocycles. The van der Waals surface area contributed by atoms with Crippen LogP contribution in [-0.4, -0.2) is 15.2 Å². The minimum atomic E-state index is -0.315. The van der Waals surface area contributed by atoms with Crippen molar-refractivity contribution in [2.75, 3.05) is 5.32 Å². The first-order valence-electron chi connectivity index (χ1n) is 5.97. The first kappa shape index (κ1) is 12.7. The maximum absolute atomic E-state index is 12.9. The van der Waals surface area contributed by atoms with Gasteiger partial charge in [0.2, 0.25) is 0 Å². The van der Waals surface area contributed by atoms with E-state index in [9.17, 15) is 4.39 Å². The largest absolute Gasteiger partial charge is 0.423 e. The van der Waals surface area contributed by atoms with E-state index in [0.717, 1.165) is 0 Å². The molecule has 0 bridgehead atoms. The summed E-state index contributed by atoms with van der Waals surface area (Å²) < 4.78 is 18.4. The van der Waals surface area contributed by atoms with Crippen LogP contribution >= 0.6 is 0 Å². The number of hydrogen-bond donors (Lipinski definition) is 1. The van der Waals surface area contributed by atoms with Gasteiger partial charge in [-0.25, -0.2) is 9.37 Å². The van der Waals surface area contributed by atoms with Crippen LogP contribution in [0.25, 0.3) is 11.3 Å². The third-order valence-corrected chi connectivity index (χ3v) is 2.65. The molecule has 0 aliphatic rings. The standard InChI is InChI=1S/C14H8FN5O/c15-10-3-1-9(2-4-10)12-8-17-14(21-12)18-13-6-5-11(7-16)19-20-13/h1-6,8H,(H,17,18,20). The van der Waals surface area contributed by atoms with Crippen molar-refractivity contribution in [1.29, 1.82) is 5.26 Å². The van der Waals surface area contributed by atoms with Gasteiger partial charge >= 0.3 is 6.01 Å². The average molecular weight is 281 g/mol. The Labute approximate surface area is 118 Å². The summed E-state index contributed by atoms with van der Waals surface area (Å²) in [5, 5.41) is 18.9. The molecular formula is C14H8FN5O. The van der Waals surface area contributed by atoms with E-state index in [4.69, 9.17) is 9.68 Å². The Morgan fingerprint density at radius 2 is 1.90 bits per heavy atom. The highest BCUT2D eigenvalue weighted by atomic mass is 19.1. The Hall–Kier alpha value is -3.27. The molecule has 2 aromatic heterocycles. The molecule has 21 heavy (non-hydrogen) atoms. The van der Waals surface area contributed by atoms with Crippen LogP contribution in [0.1, 0.15) is 5.69 Å². The Kier molecular flexibility index (Phi) is 3.27. The number of benzene rings is 1. The number of anilines is 2. The molecular weight excluding hydrogens is 273 g/mol. The van der Waals surface area contributed by atoms with E-state index in [1.165, 1.54) is 24.4 Å². The maximum Gasteiger partial charge on any atom is 0.300 e. The van der Waals surface area contributed by atoms with Crippen molar-refractivity contribution in [2.24, 2.45) is 0 Å². The van der Waals surface area contributed by atoms with Crippen LogP contribution in [0.2, 0.25) is 0 Å². The fourth-order valence-electron chi connectivity index (χ4n) is 1.65. The fraction of sp³-hybridized carbons (Fsp3) is 0. The van der Waals surface area contributed by atoms with Crippen molar-refractivity contribution >= 4 is 11.8 Å².